The van der Waals surface area contributed by atoms with Gasteiger partial charge in [-0.05, 0) is 17.7 Å². The smallest absolute Gasteiger partial charge is 0.213 e. The van der Waals surface area contributed by atoms with Crippen LogP contribution in [0.4, 0.5) is 0 Å². The molecule has 80 valence electrons. The normalized spacial score (nSPS) is 12.1. The summed E-state index contributed by atoms with van der Waals surface area (Å²) in [7, 11) is -1.55. The fourth-order valence-electron chi connectivity index (χ4n) is 1.71. The highest BCUT2D eigenvalue weighted by Gasteiger charge is 2.09. The van der Waals surface area contributed by atoms with Crippen molar-refractivity contribution in [3.63, 3.8) is 0 Å². The summed E-state index contributed by atoms with van der Waals surface area (Å²) < 4.78 is 24.0. The summed E-state index contributed by atoms with van der Waals surface area (Å²) in [4.78, 5) is 0. The highest BCUT2D eigenvalue weighted by Crippen LogP contribution is 2.20. The summed E-state index contributed by atoms with van der Waals surface area (Å²) in [5, 5.41) is 5.97. The van der Waals surface area contributed by atoms with E-state index in [9.17, 15) is 8.42 Å². The Balaban J connectivity index is 2.62. The lowest BCUT2D eigenvalue weighted by molar-refractivity contribution is 0.597. The molecular weight excluding hydrogens is 212 g/mol. The number of fused-ring (bicyclic) bond motifs is 1. The number of aryl methyl sites for hydroxylation is 1. The van der Waals surface area contributed by atoms with Gasteiger partial charge in [-0.3, -0.25) is 0 Å². The predicted molar refractivity (Wildman–Crippen MR) is 59.7 cm³/mol. The van der Waals surface area contributed by atoms with Crippen LogP contribution in [0.2, 0.25) is 0 Å². The van der Waals surface area contributed by atoms with Gasteiger partial charge >= 0.3 is 0 Å². The molecule has 0 atom stereocenters. The first-order valence-electron chi connectivity index (χ1n) is 4.51. The van der Waals surface area contributed by atoms with Crippen molar-refractivity contribution in [2.24, 2.45) is 12.2 Å². The Morgan fingerprint density at radius 3 is 2.73 bits per heavy atom. The molecule has 0 fully saturated rings. The number of rotatable bonds is 2. The average molecular weight is 224 g/mol. The maximum atomic E-state index is 11.0. The van der Waals surface area contributed by atoms with E-state index in [0.29, 0.717) is 0 Å². The monoisotopic (exact) mass is 224 g/mol. The minimum Gasteiger partial charge on any atom is -0.351 e. The van der Waals surface area contributed by atoms with Gasteiger partial charge in [-0.2, -0.15) is 0 Å². The Kier molecular flexibility index (Phi) is 2.28. The lowest BCUT2D eigenvalue weighted by Gasteiger charge is -2.02. The van der Waals surface area contributed by atoms with Gasteiger partial charge in [0, 0.05) is 24.1 Å². The van der Waals surface area contributed by atoms with Crippen LogP contribution in [-0.4, -0.2) is 13.0 Å². The molecule has 1 aromatic heterocycles. The van der Waals surface area contributed by atoms with E-state index in [2.05, 4.69) is 0 Å². The minimum absolute atomic E-state index is 0.117. The fraction of sp³-hybridized carbons (Fsp3) is 0.200. The number of benzene rings is 1. The van der Waals surface area contributed by atoms with Crippen molar-refractivity contribution in [2.75, 3.05) is 0 Å². The molecule has 0 aliphatic rings. The molecule has 1 aromatic carbocycles. The molecular formula is C10H12N2O2S. The van der Waals surface area contributed by atoms with E-state index in [1.807, 2.05) is 36.0 Å². The molecule has 0 spiro atoms. The number of primary sulfonamides is 1. The van der Waals surface area contributed by atoms with Crippen LogP contribution in [0.25, 0.3) is 10.9 Å². The summed E-state index contributed by atoms with van der Waals surface area (Å²) in [5.41, 5.74) is 1.76. The first-order chi connectivity index (χ1) is 6.97. The molecule has 5 heteroatoms. The Hall–Kier alpha value is -1.33. The minimum atomic E-state index is -3.47. The van der Waals surface area contributed by atoms with Crippen LogP contribution in [0.15, 0.2) is 30.5 Å². The van der Waals surface area contributed by atoms with E-state index in [1.165, 1.54) is 0 Å². The molecule has 2 rings (SSSR count). The molecule has 15 heavy (non-hydrogen) atoms. The molecule has 0 saturated heterocycles. The number of hydrogen-bond donors (Lipinski definition) is 1. The van der Waals surface area contributed by atoms with E-state index < -0.39 is 10.0 Å². The molecule has 0 aliphatic heterocycles. The summed E-state index contributed by atoms with van der Waals surface area (Å²) >= 11 is 0. The third kappa shape index (κ3) is 2.03. The molecule has 2 aromatic rings. The second-order valence-electron chi connectivity index (χ2n) is 3.58. The van der Waals surface area contributed by atoms with Gasteiger partial charge < -0.3 is 4.57 Å². The van der Waals surface area contributed by atoms with Gasteiger partial charge in [0.2, 0.25) is 10.0 Å². The molecule has 0 unspecified atom stereocenters. The van der Waals surface area contributed by atoms with E-state index >= 15 is 0 Å². The topological polar surface area (TPSA) is 65.1 Å². The molecule has 0 bridgehead atoms. The Morgan fingerprint density at radius 1 is 1.33 bits per heavy atom. The van der Waals surface area contributed by atoms with Gasteiger partial charge in [0.25, 0.3) is 0 Å². The van der Waals surface area contributed by atoms with Crippen molar-refractivity contribution in [2.45, 2.75) is 5.75 Å². The summed E-state index contributed by atoms with van der Waals surface area (Å²) in [5.74, 6) is -0.117. The number of nitrogens with zero attached hydrogens (tertiary/aromatic N) is 1. The van der Waals surface area contributed by atoms with Crippen molar-refractivity contribution in [3.8, 4) is 0 Å². The number of sulfonamides is 1. The Morgan fingerprint density at radius 2 is 2.07 bits per heavy atom. The van der Waals surface area contributed by atoms with Crippen LogP contribution in [0.1, 0.15) is 5.56 Å². The lowest BCUT2D eigenvalue weighted by atomic mass is 10.1. The number of nitrogens with two attached hydrogens (primary N) is 1. The zero-order valence-electron chi connectivity index (χ0n) is 8.34. The van der Waals surface area contributed by atoms with Crippen molar-refractivity contribution in [3.05, 3.63) is 36.0 Å². The second kappa shape index (κ2) is 3.36. The molecule has 4 nitrogen and oxygen atoms in total. The van der Waals surface area contributed by atoms with Crippen LogP contribution >= 0.6 is 0 Å². The number of aromatic nitrogens is 1. The van der Waals surface area contributed by atoms with E-state index in [-0.39, 0.29) is 5.75 Å². The van der Waals surface area contributed by atoms with E-state index in [1.54, 1.807) is 6.07 Å². The molecule has 0 aliphatic carbocycles. The SMILES string of the molecule is Cn1ccc2c(CS(N)(=O)=O)cccc21. The van der Waals surface area contributed by atoms with Crippen LogP contribution in [0, 0.1) is 0 Å². The lowest BCUT2D eigenvalue weighted by Crippen LogP contribution is -2.14. The van der Waals surface area contributed by atoms with Crippen molar-refractivity contribution in [1.29, 1.82) is 0 Å². The second-order valence-corrected chi connectivity index (χ2v) is 5.20. The zero-order valence-corrected chi connectivity index (χ0v) is 9.16. The van der Waals surface area contributed by atoms with Gasteiger partial charge in [0.05, 0.1) is 5.75 Å². The van der Waals surface area contributed by atoms with Crippen LogP contribution < -0.4 is 5.14 Å². The van der Waals surface area contributed by atoms with Crippen molar-refractivity contribution in [1.82, 2.24) is 4.57 Å². The Labute approximate surface area is 88.4 Å². The average Bonchev–Trinajstić information content (AvgIpc) is 2.47. The molecule has 0 radical (unpaired) electrons. The highest BCUT2D eigenvalue weighted by atomic mass is 32.2. The maximum Gasteiger partial charge on any atom is 0.213 e. The van der Waals surface area contributed by atoms with Gasteiger partial charge in [-0.25, -0.2) is 13.6 Å². The summed E-state index contributed by atoms with van der Waals surface area (Å²) in [6.07, 6.45) is 1.90. The highest BCUT2D eigenvalue weighted by molar-refractivity contribution is 7.88. The van der Waals surface area contributed by atoms with Crippen molar-refractivity contribution < 1.29 is 8.42 Å². The maximum absolute atomic E-state index is 11.0. The largest absolute Gasteiger partial charge is 0.351 e. The van der Waals surface area contributed by atoms with Crippen LogP contribution in [0.3, 0.4) is 0 Å². The van der Waals surface area contributed by atoms with Crippen LogP contribution in [-0.2, 0) is 22.8 Å². The van der Waals surface area contributed by atoms with Gasteiger partial charge in [-0.15, -0.1) is 0 Å². The van der Waals surface area contributed by atoms with Gasteiger partial charge in [0.15, 0.2) is 0 Å². The van der Waals surface area contributed by atoms with Gasteiger partial charge in [0.1, 0.15) is 0 Å². The summed E-state index contributed by atoms with van der Waals surface area (Å²) in [6.45, 7) is 0. The van der Waals surface area contributed by atoms with Crippen LogP contribution in [0.5, 0.6) is 0 Å². The third-order valence-corrected chi connectivity index (χ3v) is 3.09. The third-order valence-electron chi connectivity index (χ3n) is 2.37. The predicted octanol–water partition coefficient (Wildman–Crippen LogP) is 0.967. The van der Waals surface area contributed by atoms with Crippen molar-refractivity contribution >= 4 is 20.9 Å². The molecule has 0 saturated carbocycles. The molecule has 0 amide bonds. The van der Waals surface area contributed by atoms with Gasteiger partial charge in [-0.1, -0.05) is 12.1 Å². The Bertz CT molecular complexity index is 599. The number of hydrogen-bond acceptors (Lipinski definition) is 2. The molecule has 2 N–H and O–H groups in total. The summed E-state index contributed by atoms with van der Waals surface area (Å²) in [6, 6.07) is 7.47. The quantitative estimate of drug-likeness (QED) is 0.826. The first-order valence-corrected chi connectivity index (χ1v) is 6.22. The van der Waals surface area contributed by atoms with E-state index in [0.717, 1.165) is 16.5 Å². The fourth-order valence-corrected chi connectivity index (χ4v) is 2.39. The first kappa shape index (κ1) is 10.2. The zero-order chi connectivity index (χ0) is 11.1. The van der Waals surface area contributed by atoms with E-state index in [4.69, 9.17) is 5.14 Å². The standard InChI is InChI=1S/C10H12N2O2S/c1-12-6-5-9-8(7-15(11,13)14)3-2-4-10(9)12/h2-6H,7H2,1H3,(H2,11,13,14). The molecule has 1 heterocycles.